The highest BCUT2D eigenvalue weighted by molar-refractivity contribution is 6.36. The van der Waals surface area contributed by atoms with E-state index in [0.29, 0.717) is 27.1 Å². The molecule has 6 heteroatoms. The number of aliphatic imine (C=N–C) groups is 1. The summed E-state index contributed by atoms with van der Waals surface area (Å²) in [4.78, 5) is 16.4. The molecule has 0 spiro atoms. The van der Waals surface area contributed by atoms with Crippen molar-refractivity contribution in [2.75, 3.05) is 0 Å². The van der Waals surface area contributed by atoms with Crippen LogP contribution in [0.3, 0.4) is 0 Å². The molecular weight excluding hydrogens is 385 g/mol. The van der Waals surface area contributed by atoms with Crippen LogP contribution in [0.15, 0.2) is 69.7 Å². The first-order chi connectivity index (χ1) is 13.0. The molecule has 3 aromatic rings. The lowest BCUT2D eigenvalue weighted by Crippen LogP contribution is -2.05. The first-order valence-electron chi connectivity index (χ1n) is 8.14. The summed E-state index contributed by atoms with van der Waals surface area (Å²) in [6.45, 7) is 1.96. The fraction of sp³-hybridized carbons (Fsp3) is 0.0476. The molecule has 0 bridgehead atoms. The van der Waals surface area contributed by atoms with E-state index >= 15 is 0 Å². The summed E-state index contributed by atoms with van der Waals surface area (Å²) in [5.41, 5.74) is 2.69. The Balaban J connectivity index is 1.64. The normalized spacial score (nSPS) is 15.1. The number of halogens is 2. The Morgan fingerprint density at radius 2 is 1.89 bits per heavy atom. The lowest BCUT2D eigenvalue weighted by Gasteiger charge is -2.00. The van der Waals surface area contributed by atoms with Gasteiger partial charge in [-0.2, -0.15) is 0 Å². The number of nitrogens with zero attached hydrogens (tertiary/aromatic N) is 1. The van der Waals surface area contributed by atoms with E-state index in [9.17, 15) is 4.79 Å². The topological polar surface area (TPSA) is 51.8 Å². The molecule has 2 aromatic carbocycles. The van der Waals surface area contributed by atoms with Gasteiger partial charge in [0, 0.05) is 22.2 Å². The van der Waals surface area contributed by atoms with Crippen molar-refractivity contribution in [3.63, 3.8) is 0 Å². The zero-order valence-corrected chi connectivity index (χ0v) is 15.7. The van der Waals surface area contributed by atoms with E-state index in [4.69, 9.17) is 32.4 Å². The minimum absolute atomic E-state index is 0.176. The number of rotatable bonds is 3. The minimum atomic E-state index is -0.519. The van der Waals surface area contributed by atoms with E-state index < -0.39 is 5.97 Å². The van der Waals surface area contributed by atoms with Crippen molar-refractivity contribution in [1.29, 1.82) is 0 Å². The van der Waals surface area contributed by atoms with Gasteiger partial charge in [0.1, 0.15) is 11.5 Å². The Hall–Kier alpha value is -2.82. The molecule has 0 atom stereocenters. The number of benzene rings is 2. The molecule has 1 aliphatic heterocycles. The number of aryl methyl sites for hydroxylation is 1. The fourth-order valence-corrected chi connectivity index (χ4v) is 3.21. The predicted molar refractivity (Wildman–Crippen MR) is 106 cm³/mol. The van der Waals surface area contributed by atoms with E-state index in [1.54, 1.807) is 36.4 Å². The number of hydrogen-bond acceptors (Lipinski definition) is 4. The molecular formula is C21H13Cl2NO3. The number of ether oxygens (including phenoxy) is 1. The van der Waals surface area contributed by atoms with Crippen molar-refractivity contribution in [2.24, 2.45) is 4.99 Å². The third-order valence-electron chi connectivity index (χ3n) is 3.99. The zero-order valence-electron chi connectivity index (χ0n) is 14.2. The van der Waals surface area contributed by atoms with E-state index in [0.717, 1.165) is 11.1 Å². The van der Waals surface area contributed by atoms with Crippen LogP contribution < -0.4 is 0 Å². The maximum absolute atomic E-state index is 12.1. The highest BCUT2D eigenvalue weighted by Crippen LogP contribution is 2.32. The van der Waals surface area contributed by atoms with E-state index in [1.807, 2.05) is 31.2 Å². The van der Waals surface area contributed by atoms with Gasteiger partial charge < -0.3 is 9.15 Å². The quantitative estimate of drug-likeness (QED) is 0.407. The number of carbonyl (C=O) groups excluding carboxylic acids is 1. The SMILES string of the molecule is Cc1cccc(C2=N/C(=C\c3ccc(-c4ccc(Cl)cc4Cl)o3)C(=O)O2)c1. The van der Waals surface area contributed by atoms with Crippen molar-refractivity contribution in [3.05, 3.63) is 87.2 Å². The van der Waals surface area contributed by atoms with Gasteiger partial charge in [-0.3, -0.25) is 0 Å². The molecule has 134 valence electrons. The summed E-state index contributed by atoms with van der Waals surface area (Å²) in [7, 11) is 0. The van der Waals surface area contributed by atoms with Gasteiger partial charge in [0.15, 0.2) is 5.70 Å². The monoisotopic (exact) mass is 397 g/mol. The van der Waals surface area contributed by atoms with Crippen LogP contribution in [0.2, 0.25) is 10.0 Å². The van der Waals surface area contributed by atoms with Crippen LogP contribution in [0.25, 0.3) is 17.4 Å². The van der Waals surface area contributed by atoms with Gasteiger partial charge in [0.25, 0.3) is 0 Å². The van der Waals surface area contributed by atoms with Crippen molar-refractivity contribution in [1.82, 2.24) is 0 Å². The molecule has 27 heavy (non-hydrogen) atoms. The zero-order chi connectivity index (χ0) is 19.0. The predicted octanol–water partition coefficient (Wildman–Crippen LogP) is 5.91. The average molecular weight is 398 g/mol. The molecule has 0 saturated heterocycles. The second kappa shape index (κ2) is 7.06. The van der Waals surface area contributed by atoms with Crippen molar-refractivity contribution < 1.29 is 13.9 Å². The van der Waals surface area contributed by atoms with E-state index in [2.05, 4.69) is 4.99 Å². The molecule has 0 saturated carbocycles. The van der Waals surface area contributed by atoms with Crippen LogP contribution >= 0.6 is 23.2 Å². The number of hydrogen-bond donors (Lipinski definition) is 0. The molecule has 2 heterocycles. The Bertz CT molecular complexity index is 1110. The molecule has 0 aliphatic carbocycles. The van der Waals surface area contributed by atoms with E-state index in [1.165, 1.54) is 0 Å². The smallest absolute Gasteiger partial charge is 0.363 e. The van der Waals surface area contributed by atoms with E-state index in [-0.39, 0.29) is 11.6 Å². The second-order valence-corrected chi connectivity index (χ2v) is 6.88. The summed E-state index contributed by atoms with van der Waals surface area (Å²) < 4.78 is 11.1. The summed E-state index contributed by atoms with van der Waals surface area (Å²) in [5, 5.41) is 1.03. The van der Waals surface area contributed by atoms with Gasteiger partial charge in [0.2, 0.25) is 5.90 Å². The van der Waals surface area contributed by atoms with Crippen LogP contribution in [-0.2, 0) is 9.53 Å². The highest BCUT2D eigenvalue weighted by atomic mass is 35.5. The molecule has 0 amide bonds. The third kappa shape index (κ3) is 3.68. The van der Waals surface area contributed by atoms with Crippen molar-refractivity contribution in [2.45, 2.75) is 6.92 Å². The van der Waals surface area contributed by atoms with Crippen molar-refractivity contribution in [3.8, 4) is 11.3 Å². The number of furan rings is 1. The lowest BCUT2D eigenvalue weighted by molar-refractivity contribution is -0.129. The maximum atomic E-state index is 12.1. The van der Waals surface area contributed by atoms with Crippen LogP contribution in [0.4, 0.5) is 0 Å². The molecule has 4 nitrogen and oxygen atoms in total. The Labute approximate surface area is 165 Å². The molecule has 0 fully saturated rings. The van der Waals surface area contributed by atoms with Gasteiger partial charge in [0.05, 0.1) is 5.02 Å². The molecule has 4 rings (SSSR count). The van der Waals surface area contributed by atoms with Crippen LogP contribution in [0.1, 0.15) is 16.9 Å². The lowest BCUT2D eigenvalue weighted by atomic mass is 10.1. The van der Waals surface area contributed by atoms with Crippen LogP contribution in [0.5, 0.6) is 0 Å². The number of esters is 1. The first kappa shape index (κ1) is 17.6. The summed E-state index contributed by atoms with van der Waals surface area (Å²) in [6.07, 6.45) is 1.54. The summed E-state index contributed by atoms with van der Waals surface area (Å²) in [6, 6.07) is 16.3. The second-order valence-electron chi connectivity index (χ2n) is 6.03. The van der Waals surface area contributed by atoms with Crippen LogP contribution in [0, 0.1) is 6.92 Å². The third-order valence-corrected chi connectivity index (χ3v) is 4.54. The van der Waals surface area contributed by atoms with Gasteiger partial charge in [-0.15, -0.1) is 0 Å². The van der Waals surface area contributed by atoms with Gasteiger partial charge in [-0.05, 0) is 49.4 Å². The standard InChI is InChI=1S/C21H13Cl2NO3/c1-12-3-2-4-13(9-12)20-24-18(21(25)27-20)11-15-6-8-19(26-15)16-7-5-14(22)10-17(16)23/h2-11H,1H3/b18-11-. The molecule has 1 aliphatic rings. The Morgan fingerprint density at radius 3 is 2.67 bits per heavy atom. The fourth-order valence-electron chi connectivity index (χ4n) is 2.71. The Morgan fingerprint density at radius 1 is 1.04 bits per heavy atom. The molecule has 0 radical (unpaired) electrons. The minimum Gasteiger partial charge on any atom is -0.457 e. The maximum Gasteiger partial charge on any atom is 0.363 e. The first-order valence-corrected chi connectivity index (χ1v) is 8.90. The molecule has 1 aromatic heterocycles. The summed E-state index contributed by atoms with van der Waals surface area (Å²) in [5.74, 6) is 0.798. The van der Waals surface area contributed by atoms with Gasteiger partial charge >= 0.3 is 5.97 Å². The highest BCUT2D eigenvalue weighted by Gasteiger charge is 2.24. The molecule has 0 unspecified atom stereocenters. The van der Waals surface area contributed by atoms with Crippen LogP contribution in [-0.4, -0.2) is 11.9 Å². The Kier molecular flexibility index (Phi) is 4.60. The summed E-state index contributed by atoms with van der Waals surface area (Å²) >= 11 is 12.1. The van der Waals surface area contributed by atoms with Crippen molar-refractivity contribution >= 4 is 41.1 Å². The van der Waals surface area contributed by atoms with Gasteiger partial charge in [-0.1, -0.05) is 40.9 Å². The number of carbonyl (C=O) groups is 1. The average Bonchev–Trinajstić information content (AvgIpc) is 3.23. The number of cyclic esters (lactones) is 1. The van der Waals surface area contributed by atoms with Gasteiger partial charge in [-0.25, -0.2) is 9.79 Å². The molecule has 0 N–H and O–H groups in total. The largest absolute Gasteiger partial charge is 0.457 e.